The molecule has 2 atom stereocenters. The summed E-state index contributed by atoms with van der Waals surface area (Å²) < 4.78 is 4.65. The van der Waals surface area contributed by atoms with Crippen LogP contribution in [0.25, 0.3) is 0 Å². The summed E-state index contributed by atoms with van der Waals surface area (Å²) in [4.78, 5) is 11.0. The molecule has 0 saturated heterocycles. The quantitative estimate of drug-likeness (QED) is 0.728. The van der Waals surface area contributed by atoms with Gasteiger partial charge in [-0.15, -0.1) is 0 Å². The number of ether oxygens (including phenoxy) is 1. The van der Waals surface area contributed by atoms with Gasteiger partial charge in [-0.1, -0.05) is 19.8 Å². The van der Waals surface area contributed by atoms with Crippen LogP contribution in [-0.4, -0.2) is 36.7 Å². The van der Waals surface area contributed by atoms with Crippen molar-refractivity contribution in [3.8, 4) is 0 Å². The Bertz CT molecular complexity index is 209. The van der Waals surface area contributed by atoms with Crippen molar-refractivity contribution in [1.29, 1.82) is 0 Å². The summed E-state index contributed by atoms with van der Waals surface area (Å²) in [6.07, 6.45) is 5.77. The number of thioether (sulfide) groups is 1. The molecule has 0 amide bonds. The second-order valence-corrected chi connectivity index (χ2v) is 5.53. The van der Waals surface area contributed by atoms with Crippen LogP contribution in [0.2, 0.25) is 0 Å². The van der Waals surface area contributed by atoms with Crippen molar-refractivity contribution < 1.29 is 9.53 Å². The van der Waals surface area contributed by atoms with Crippen molar-refractivity contribution in [2.45, 2.75) is 50.3 Å². The Hall–Kier alpha value is -0.220. The lowest BCUT2D eigenvalue weighted by molar-refractivity contribution is -0.140. The number of carbonyl (C=O) groups is 1. The van der Waals surface area contributed by atoms with Gasteiger partial charge in [0.2, 0.25) is 0 Å². The molecular weight excluding hydrogens is 222 g/mol. The first-order valence-corrected chi connectivity index (χ1v) is 7.24. The molecule has 3 nitrogen and oxygen atoms in total. The number of nitrogens with one attached hydrogen (secondary N) is 1. The van der Waals surface area contributed by atoms with Crippen LogP contribution in [0.5, 0.6) is 0 Å². The topological polar surface area (TPSA) is 38.3 Å². The van der Waals surface area contributed by atoms with Crippen LogP contribution < -0.4 is 5.32 Å². The molecule has 4 heteroatoms. The van der Waals surface area contributed by atoms with Crippen molar-refractivity contribution in [3.05, 3.63) is 0 Å². The van der Waals surface area contributed by atoms with E-state index in [2.05, 4.69) is 17.0 Å². The Balaban J connectivity index is 2.24. The van der Waals surface area contributed by atoms with E-state index in [0.29, 0.717) is 17.7 Å². The first kappa shape index (κ1) is 13.8. The predicted octanol–water partition coefficient (Wildman–Crippen LogP) is 2.20. The molecule has 0 bridgehead atoms. The molecule has 0 radical (unpaired) electrons. The first-order valence-electron chi connectivity index (χ1n) is 6.19. The summed E-state index contributed by atoms with van der Waals surface area (Å²) in [5.41, 5.74) is 0. The van der Waals surface area contributed by atoms with Crippen molar-refractivity contribution in [3.63, 3.8) is 0 Å². The minimum Gasteiger partial charge on any atom is -0.469 e. The molecular formula is C12H23NO2S. The van der Waals surface area contributed by atoms with Gasteiger partial charge in [-0.3, -0.25) is 4.79 Å². The average molecular weight is 245 g/mol. The summed E-state index contributed by atoms with van der Waals surface area (Å²) in [7, 11) is 1.45. The Morgan fingerprint density at radius 3 is 2.88 bits per heavy atom. The summed E-state index contributed by atoms with van der Waals surface area (Å²) in [6.45, 7) is 3.20. The van der Waals surface area contributed by atoms with Crippen LogP contribution in [0.1, 0.15) is 39.0 Å². The first-order chi connectivity index (χ1) is 7.77. The van der Waals surface area contributed by atoms with Crippen LogP contribution in [0, 0.1) is 0 Å². The molecule has 94 valence electrons. The molecule has 1 N–H and O–H groups in total. The lowest BCUT2D eigenvalue weighted by atomic mass is 9.95. The fourth-order valence-electron chi connectivity index (χ4n) is 2.19. The second kappa shape index (κ2) is 7.96. The van der Waals surface area contributed by atoms with Crippen molar-refractivity contribution in [2.24, 2.45) is 0 Å². The lowest BCUT2D eigenvalue weighted by Crippen LogP contribution is -2.40. The Morgan fingerprint density at radius 1 is 1.44 bits per heavy atom. The maximum absolute atomic E-state index is 11.0. The normalized spacial score (nSPS) is 25.4. The van der Waals surface area contributed by atoms with Gasteiger partial charge in [-0.05, 0) is 19.4 Å². The van der Waals surface area contributed by atoms with Gasteiger partial charge >= 0.3 is 5.97 Å². The van der Waals surface area contributed by atoms with Gasteiger partial charge in [0.05, 0.1) is 13.5 Å². The highest BCUT2D eigenvalue weighted by molar-refractivity contribution is 7.99. The second-order valence-electron chi connectivity index (χ2n) is 4.18. The van der Waals surface area contributed by atoms with E-state index in [0.717, 1.165) is 12.3 Å². The number of esters is 1. The molecule has 1 aliphatic rings. The maximum Gasteiger partial charge on any atom is 0.306 e. The van der Waals surface area contributed by atoms with E-state index in [-0.39, 0.29) is 5.97 Å². The maximum atomic E-state index is 11.0. The molecule has 1 aliphatic carbocycles. The van der Waals surface area contributed by atoms with Crippen LogP contribution in [-0.2, 0) is 9.53 Å². The highest BCUT2D eigenvalue weighted by atomic mass is 32.2. The fourth-order valence-corrected chi connectivity index (χ4v) is 3.57. The largest absolute Gasteiger partial charge is 0.469 e. The molecule has 2 unspecified atom stereocenters. The third kappa shape index (κ3) is 4.74. The van der Waals surface area contributed by atoms with Crippen molar-refractivity contribution >= 4 is 17.7 Å². The zero-order chi connectivity index (χ0) is 11.8. The molecule has 16 heavy (non-hydrogen) atoms. The minimum atomic E-state index is -0.0942. The Kier molecular flexibility index (Phi) is 6.88. The zero-order valence-electron chi connectivity index (χ0n) is 10.3. The van der Waals surface area contributed by atoms with Gasteiger partial charge in [0.15, 0.2) is 0 Å². The summed E-state index contributed by atoms with van der Waals surface area (Å²) in [6, 6.07) is 0.640. The third-order valence-electron chi connectivity index (χ3n) is 3.03. The summed E-state index contributed by atoms with van der Waals surface area (Å²) >= 11 is 1.93. The highest BCUT2D eigenvalue weighted by Crippen LogP contribution is 2.29. The SMILES string of the molecule is CCNC1CCCCC1SCCC(=O)OC. The number of rotatable bonds is 6. The van der Waals surface area contributed by atoms with Gasteiger partial charge in [0.1, 0.15) is 0 Å². The van der Waals surface area contributed by atoms with Crippen molar-refractivity contribution in [2.75, 3.05) is 19.4 Å². The average Bonchev–Trinajstić information content (AvgIpc) is 2.31. The van der Waals surface area contributed by atoms with E-state index in [1.807, 2.05) is 11.8 Å². The van der Waals surface area contributed by atoms with Crippen molar-refractivity contribution in [1.82, 2.24) is 5.32 Å². The molecule has 0 aromatic carbocycles. The van der Waals surface area contributed by atoms with E-state index < -0.39 is 0 Å². The van der Waals surface area contributed by atoms with Gasteiger partial charge < -0.3 is 10.1 Å². The molecule has 1 fully saturated rings. The fraction of sp³-hybridized carbons (Fsp3) is 0.917. The number of methoxy groups -OCH3 is 1. The molecule has 0 aliphatic heterocycles. The van der Waals surface area contributed by atoms with E-state index in [4.69, 9.17) is 0 Å². The third-order valence-corrected chi connectivity index (χ3v) is 4.47. The number of hydrogen-bond acceptors (Lipinski definition) is 4. The highest BCUT2D eigenvalue weighted by Gasteiger charge is 2.24. The van der Waals surface area contributed by atoms with E-state index in [9.17, 15) is 4.79 Å². The monoisotopic (exact) mass is 245 g/mol. The van der Waals surface area contributed by atoms with Crippen LogP contribution in [0.15, 0.2) is 0 Å². The van der Waals surface area contributed by atoms with E-state index in [1.54, 1.807) is 0 Å². The van der Waals surface area contributed by atoms with Gasteiger partial charge in [-0.2, -0.15) is 11.8 Å². The van der Waals surface area contributed by atoms with Crippen LogP contribution in [0.3, 0.4) is 0 Å². The molecule has 1 rings (SSSR count). The zero-order valence-corrected chi connectivity index (χ0v) is 11.1. The molecule has 0 heterocycles. The molecule has 0 aromatic heterocycles. The van der Waals surface area contributed by atoms with Crippen LogP contribution >= 0.6 is 11.8 Å². The van der Waals surface area contributed by atoms with E-state index >= 15 is 0 Å². The van der Waals surface area contributed by atoms with Gasteiger partial charge in [-0.25, -0.2) is 0 Å². The summed E-state index contributed by atoms with van der Waals surface area (Å²) in [5.74, 6) is 0.794. The molecule has 1 saturated carbocycles. The smallest absolute Gasteiger partial charge is 0.306 e. The minimum absolute atomic E-state index is 0.0942. The number of hydrogen-bond donors (Lipinski definition) is 1. The lowest BCUT2D eigenvalue weighted by Gasteiger charge is -2.31. The van der Waals surface area contributed by atoms with E-state index in [1.165, 1.54) is 32.8 Å². The standard InChI is InChI=1S/C12H23NO2S/c1-3-13-10-6-4-5-7-11(10)16-9-8-12(14)15-2/h10-11,13H,3-9H2,1-2H3. The Morgan fingerprint density at radius 2 is 2.19 bits per heavy atom. The summed E-state index contributed by atoms with van der Waals surface area (Å²) in [5, 5.41) is 4.23. The Labute approximate surface area is 103 Å². The van der Waals surface area contributed by atoms with Gasteiger partial charge in [0.25, 0.3) is 0 Å². The molecule has 0 aromatic rings. The van der Waals surface area contributed by atoms with Gasteiger partial charge in [0, 0.05) is 17.0 Å². The number of carbonyl (C=O) groups excluding carboxylic acids is 1. The molecule has 0 spiro atoms. The van der Waals surface area contributed by atoms with Crippen LogP contribution in [0.4, 0.5) is 0 Å². The predicted molar refractivity (Wildman–Crippen MR) is 68.8 cm³/mol.